The molecular weight excluding hydrogens is 228 g/mol. The van der Waals surface area contributed by atoms with Crippen molar-refractivity contribution in [3.8, 4) is 18.1 Å². The summed E-state index contributed by atoms with van der Waals surface area (Å²) < 4.78 is 5.69. The van der Waals surface area contributed by atoms with Crippen molar-refractivity contribution in [3.05, 3.63) is 58.3 Å². The van der Waals surface area contributed by atoms with Gasteiger partial charge in [0, 0.05) is 5.56 Å². The topological polar surface area (TPSA) is 9.23 Å². The first kappa shape index (κ1) is 11.5. The van der Waals surface area contributed by atoms with Crippen molar-refractivity contribution in [1.82, 2.24) is 0 Å². The smallest absolute Gasteiger partial charge is 0.137 e. The van der Waals surface area contributed by atoms with Gasteiger partial charge < -0.3 is 4.74 Å². The molecule has 0 fully saturated rings. The largest absolute Gasteiger partial charge is 0.457 e. The second kappa shape index (κ2) is 4.90. The normalized spacial score (nSPS) is 9.65. The summed E-state index contributed by atoms with van der Waals surface area (Å²) in [5, 5.41) is 2.03. The maximum absolute atomic E-state index is 5.69. The van der Waals surface area contributed by atoms with Crippen LogP contribution in [-0.4, -0.2) is 0 Å². The van der Waals surface area contributed by atoms with Gasteiger partial charge in [-0.3, -0.25) is 0 Å². The van der Waals surface area contributed by atoms with E-state index in [1.807, 2.05) is 36.6 Å². The number of hydrogen-bond acceptors (Lipinski definition) is 2. The zero-order valence-electron chi connectivity index (χ0n) is 9.57. The van der Waals surface area contributed by atoms with Crippen molar-refractivity contribution in [3.63, 3.8) is 0 Å². The molecule has 0 amide bonds. The van der Waals surface area contributed by atoms with E-state index in [1.165, 1.54) is 5.56 Å². The summed E-state index contributed by atoms with van der Waals surface area (Å²) in [5.74, 6) is 3.99. The van der Waals surface area contributed by atoms with Gasteiger partial charge in [0.25, 0.3) is 0 Å². The van der Waals surface area contributed by atoms with E-state index in [2.05, 4.69) is 18.6 Å². The predicted molar refractivity (Wildman–Crippen MR) is 73.1 cm³/mol. The summed E-state index contributed by atoms with van der Waals surface area (Å²) in [4.78, 5) is 1.08. The molecule has 0 saturated carbocycles. The first-order chi connectivity index (χ1) is 8.20. The average molecular weight is 240 g/mol. The zero-order chi connectivity index (χ0) is 12.3. The standard InChI is InChI=1S/C15H12OS/c1-4-13-5-7-14(8-6-13)16-12(3)15-11(2)9-10-17-15/h1,5-10H,3H2,2H3. The Labute approximate surface area is 105 Å². The lowest BCUT2D eigenvalue weighted by molar-refractivity contribution is 0.518. The Kier molecular flexibility index (Phi) is 3.32. The van der Waals surface area contributed by atoms with E-state index in [1.54, 1.807) is 11.3 Å². The quantitative estimate of drug-likeness (QED) is 0.580. The van der Waals surface area contributed by atoms with Crippen molar-refractivity contribution in [2.24, 2.45) is 0 Å². The highest BCUT2D eigenvalue weighted by Gasteiger charge is 2.06. The van der Waals surface area contributed by atoms with Gasteiger partial charge in [-0.25, -0.2) is 0 Å². The molecule has 2 aromatic rings. The van der Waals surface area contributed by atoms with Gasteiger partial charge in [0.1, 0.15) is 11.5 Å². The molecule has 0 unspecified atom stereocenters. The number of rotatable bonds is 3. The first-order valence-corrected chi connectivity index (χ1v) is 6.06. The summed E-state index contributed by atoms with van der Waals surface area (Å²) in [6, 6.07) is 9.45. The third-order valence-corrected chi connectivity index (χ3v) is 3.43. The van der Waals surface area contributed by atoms with E-state index >= 15 is 0 Å². The summed E-state index contributed by atoms with van der Waals surface area (Å²) in [6.07, 6.45) is 5.29. The molecule has 0 spiro atoms. The van der Waals surface area contributed by atoms with Crippen molar-refractivity contribution in [1.29, 1.82) is 0 Å². The Morgan fingerprint density at radius 1 is 1.29 bits per heavy atom. The van der Waals surface area contributed by atoms with Gasteiger partial charge in [0.05, 0.1) is 4.88 Å². The molecule has 0 radical (unpaired) electrons. The van der Waals surface area contributed by atoms with Crippen molar-refractivity contribution < 1.29 is 4.74 Å². The number of terminal acetylenes is 1. The van der Waals surface area contributed by atoms with E-state index in [9.17, 15) is 0 Å². The van der Waals surface area contributed by atoms with Crippen LogP contribution in [0.4, 0.5) is 0 Å². The van der Waals surface area contributed by atoms with Gasteiger partial charge >= 0.3 is 0 Å². The molecule has 0 bridgehead atoms. The Hall–Kier alpha value is -1.98. The van der Waals surface area contributed by atoms with Crippen molar-refractivity contribution >= 4 is 17.1 Å². The molecule has 17 heavy (non-hydrogen) atoms. The lowest BCUT2D eigenvalue weighted by Crippen LogP contribution is -1.92. The summed E-state index contributed by atoms with van der Waals surface area (Å²) in [7, 11) is 0. The van der Waals surface area contributed by atoms with Gasteiger partial charge in [-0.05, 0) is 48.2 Å². The van der Waals surface area contributed by atoms with Crippen LogP contribution in [0.3, 0.4) is 0 Å². The maximum atomic E-state index is 5.69. The molecule has 0 atom stereocenters. The summed E-state index contributed by atoms with van der Waals surface area (Å²) in [5.41, 5.74) is 2.02. The minimum absolute atomic E-state index is 0.672. The van der Waals surface area contributed by atoms with E-state index in [-0.39, 0.29) is 0 Å². The third-order valence-electron chi connectivity index (χ3n) is 2.38. The van der Waals surface area contributed by atoms with E-state index in [0.717, 1.165) is 16.2 Å². The van der Waals surface area contributed by atoms with Gasteiger partial charge in [-0.2, -0.15) is 0 Å². The highest BCUT2D eigenvalue weighted by atomic mass is 32.1. The fraction of sp³-hybridized carbons (Fsp3) is 0.0667. The second-order valence-corrected chi connectivity index (χ2v) is 4.54. The minimum atomic E-state index is 0.672. The summed E-state index contributed by atoms with van der Waals surface area (Å²) >= 11 is 1.63. The number of hydrogen-bond donors (Lipinski definition) is 0. The second-order valence-electron chi connectivity index (χ2n) is 3.63. The van der Waals surface area contributed by atoms with Gasteiger partial charge in [0.2, 0.25) is 0 Å². The first-order valence-electron chi connectivity index (χ1n) is 5.18. The van der Waals surface area contributed by atoms with E-state index in [4.69, 9.17) is 11.2 Å². The van der Waals surface area contributed by atoms with Crippen LogP contribution in [0, 0.1) is 19.3 Å². The lowest BCUT2D eigenvalue weighted by Gasteiger charge is -2.08. The monoisotopic (exact) mass is 240 g/mol. The van der Waals surface area contributed by atoms with Crippen molar-refractivity contribution in [2.75, 3.05) is 0 Å². The van der Waals surface area contributed by atoms with Crippen LogP contribution in [0.1, 0.15) is 16.0 Å². The van der Waals surface area contributed by atoms with Gasteiger partial charge in [-0.1, -0.05) is 12.5 Å². The van der Waals surface area contributed by atoms with Crippen molar-refractivity contribution in [2.45, 2.75) is 6.92 Å². The van der Waals surface area contributed by atoms with E-state index < -0.39 is 0 Å². The molecule has 2 heteroatoms. The molecule has 1 nitrogen and oxygen atoms in total. The predicted octanol–water partition coefficient (Wildman–Crippen LogP) is 4.09. The Bertz CT molecular complexity index is 570. The molecule has 84 valence electrons. The van der Waals surface area contributed by atoms with Crippen LogP contribution in [-0.2, 0) is 0 Å². The summed E-state index contributed by atoms with van der Waals surface area (Å²) in [6.45, 7) is 5.99. The SMILES string of the molecule is C#Cc1ccc(OC(=C)c2sccc2C)cc1. The van der Waals surface area contributed by atoms with Crippen LogP contribution in [0.25, 0.3) is 5.76 Å². The Morgan fingerprint density at radius 3 is 2.53 bits per heavy atom. The fourth-order valence-corrected chi connectivity index (χ4v) is 2.30. The molecule has 1 aromatic heterocycles. The molecular formula is C15H12OS. The molecule has 0 aliphatic heterocycles. The molecule has 0 aliphatic rings. The molecule has 0 N–H and O–H groups in total. The lowest BCUT2D eigenvalue weighted by atomic mass is 10.2. The minimum Gasteiger partial charge on any atom is -0.457 e. The third kappa shape index (κ3) is 2.58. The average Bonchev–Trinajstić information content (AvgIpc) is 2.76. The number of benzene rings is 1. The highest BCUT2D eigenvalue weighted by Crippen LogP contribution is 2.26. The van der Waals surface area contributed by atoms with Gasteiger partial charge in [0.15, 0.2) is 0 Å². The van der Waals surface area contributed by atoms with Gasteiger partial charge in [-0.15, -0.1) is 17.8 Å². The Balaban J connectivity index is 2.14. The zero-order valence-corrected chi connectivity index (χ0v) is 10.4. The van der Waals surface area contributed by atoms with E-state index in [0.29, 0.717) is 5.76 Å². The molecule has 0 aliphatic carbocycles. The Morgan fingerprint density at radius 2 is 2.00 bits per heavy atom. The number of aryl methyl sites for hydroxylation is 1. The maximum Gasteiger partial charge on any atom is 0.137 e. The molecule has 1 aromatic carbocycles. The fourth-order valence-electron chi connectivity index (χ4n) is 1.47. The van der Waals surface area contributed by atoms with Crippen LogP contribution >= 0.6 is 11.3 Å². The highest BCUT2D eigenvalue weighted by molar-refractivity contribution is 7.11. The van der Waals surface area contributed by atoms with Crippen LogP contribution < -0.4 is 4.74 Å². The van der Waals surface area contributed by atoms with Crippen LogP contribution in [0.15, 0.2) is 42.3 Å². The van der Waals surface area contributed by atoms with Crippen LogP contribution in [0.2, 0.25) is 0 Å². The molecule has 2 rings (SSSR count). The number of ether oxygens (including phenoxy) is 1. The molecule has 1 heterocycles. The molecule has 0 saturated heterocycles. The van der Waals surface area contributed by atoms with Crippen LogP contribution in [0.5, 0.6) is 5.75 Å². The number of thiophene rings is 1.